The number of rotatable bonds is 11. The fraction of sp³-hybridized carbons (Fsp3) is 0.292. The molecule has 162 valence electrons. The fourth-order valence-corrected chi connectivity index (χ4v) is 3.83. The number of hydrogen-bond donors (Lipinski definition) is 1. The largest absolute Gasteiger partial charge is 0.486 e. The number of anilines is 1. The quantitative estimate of drug-likeness (QED) is 0.337. The van der Waals surface area contributed by atoms with Crippen molar-refractivity contribution in [2.45, 2.75) is 45.0 Å². The maximum absolute atomic E-state index is 12.4. The van der Waals surface area contributed by atoms with E-state index in [0.29, 0.717) is 24.1 Å². The minimum Gasteiger partial charge on any atom is -0.486 e. The first-order chi connectivity index (χ1) is 15.1. The molecule has 1 amide bonds. The highest BCUT2D eigenvalue weighted by Gasteiger charge is 2.14. The number of allylic oxidation sites excluding steroid dienone is 1. The Balaban J connectivity index is 1.59. The summed E-state index contributed by atoms with van der Waals surface area (Å²) in [6.07, 6.45) is 3.96. The van der Waals surface area contributed by atoms with Crippen LogP contribution in [0.25, 0.3) is 0 Å². The molecule has 3 aromatic rings. The molecule has 0 saturated carbocycles. The van der Waals surface area contributed by atoms with Crippen molar-refractivity contribution in [1.82, 2.24) is 14.8 Å². The van der Waals surface area contributed by atoms with E-state index in [1.165, 1.54) is 17.3 Å². The molecule has 0 bridgehead atoms. The van der Waals surface area contributed by atoms with Crippen molar-refractivity contribution >= 4 is 23.4 Å². The normalized spacial score (nSPS) is 10.6. The van der Waals surface area contributed by atoms with Gasteiger partial charge in [-0.25, -0.2) is 0 Å². The highest BCUT2D eigenvalue weighted by atomic mass is 32.2. The molecule has 0 aliphatic carbocycles. The van der Waals surface area contributed by atoms with Crippen LogP contribution in [0.2, 0.25) is 0 Å². The minimum absolute atomic E-state index is 0.0857. The van der Waals surface area contributed by atoms with E-state index >= 15 is 0 Å². The third-order valence-corrected chi connectivity index (χ3v) is 5.65. The zero-order valence-electron chi connectivity index (χ0n) is 18.0. The van der Waals surface area contributed by atoms with E-state index < -0.39 is 0 Å². The fourth-order valence-electron chi connectivity index (χ4n) is 3.06. The summed E-state index contributed by atoms with van der Waals surface area (Å²) in [5, 5.41) is 12.1. The van der Waals surface area contributed by atoms with E-state index in [1.54, 1.807) is 6.08 Å². The van der Waals surface area contributed by atoms with Gasteiger partial charge in [0.2, 0.25) is 5.91 Å². The Kier molecular flexibility index (Phi) is 8.29. The highest BCUT2D eigenvalue weighted by molar-refractivity contribution is 7.99. The molecule has 6 nitrogen and oxygen atoms in total. The standard InChI is InChI=1S/C24H28N4O2S/c1-4-8-19-11-13-20(14-12-19)30-16-22-26-27-24(28(22)15-5-2)31-17-23(29)25-21-10-7-6-9-18(21)3/h5-7,9-14H,2,4,8,15-17H2,1,3H3,(H,25,29). The third-order valence-electron chi connectivity index (χ3n) is 4.69. The molecule has 0 radical (unpaired) electrons. The van der Waals surface area contributed by atoms with Crippen LogP contribution in [0.5, 0.6) is 5.75 Å². The Morgan fingerprint density at radius 3 is 2.68 bits per heavy atom. The van der Waals surface area contributed by atoms with Gasteiger partial charge in [-0.15, -0.1) is 16.8 Å². The number of carbonyl (C=O) groups excluding carboxylic acids is 1. The average molecular weight is 437 g/mol. The number of hydrogen-bond acceptors (Lipinski definition) is 5. The zero-order valence-corrected chi connectivity index (χ0v) is 18.8. The molecule has 0 saturated heterocycles. The van der Waals surface area contributed by atoms with Crippen molar-refractivity contribution in [3.8, 4) is 5.75 Å². The second-order valence-corrected chi connectivity index (χ2v) is 8.07. The maximum atomic E-state index is 12.4. The van der Waals surface area contributed by atoms with E-state index in [0.717, 1.165) is 29.8 Å². The topological polar surface area (TPSA) is 69.0 Å². The van der Waals surface area contributed by atoms with Crippen molar-refractivity contribution in [2.75, 3.05) is 11.1 Å². The Morgan fingerprint density at radius 1 is 1.19 bits per heavy atom. The monoisotopic (exact) mass is 436 g/mol. The van der Waals surface area contributed by atoms with E-state index in [2.05, 4.69) is 41.1 Å². The summed E-state index contributed by atoms with van der Waals surface area (Å²) in [5.74, 6) is 1.64. The summed E-state index contributed by atoms with van der Waals surface area (Å²) >= 11 is 1.34. The van der Waals surface area contributed by atoms with Crippen LogP contribution < -0.4 is 10.1 Å². The van der Waals surface area contributed by atoms with Gasteiger partial charge in [-0.2, -0.15) is 0 Å². The number of carbonyl (C=O) groups is 1. The molecule has 3 rings (SSSR count). The summed E-state index contributed by atoms with van der Waals surface area (Å²) in [4.78, 5) is 12.4. The van der Waals surface area contributed by atoms with Crippen LogP contribution in [0, 0.1) is 6.92 Å². The van der Waals surface area contributed by atoms with Crippen LogP contribution in [0.3, 0.4) is 0 Å². The zero-order chi connectivity index (χ0) is 22.1. The third kappa shape index (κ3) is 6.46. The van der Waals surface area contributed by atoms with Crippen LogP contribution in [-0.2, 0) is 24.4 Å². The Bertz CT molecular complexity index is 1010. The SMILES string of the molecule is C=CCn1c(COc2ccc(CCC)cc2)nnc1SCC(=O)Nc1ccccc1C. The number of para-hydroxylation sites is 1. The van der Waals surface area contributed by atoms with Gasteiger partial charge in [0, 0.05) is 12.2 Å². The molecule has 0 atom stereocenters. The van der Waals surface area contributed by atoms with Crippen LogP contribution in [0.15, 0.2) is 66.3 Å². The summed E-state index contributed by atoms with van der Waals surface area (Å²) in [7, 11) is 0. The van der Waals surface area contributed by atoms with Gasteiger partial charge in [0.1, 0.15) is 12.4 Å². The summed E-state index contributed by atoms with van der Waals surface area (Å²) < 4.78 is 7.82. The molecular weight excluding hydrogens is 408 g/mol. The molecule has 0 fully saturated rings. The number of nitrogens with zero attached hydrogens (tertiary/aromatic N) is 3. The Hall–Kier alpha value is -3.06. The maximum Gasteiger partial charge on any atom is 0.234 e. The van der Waals surface area contributed by atoms with Gasteiger partial charge < -0.3 is 10.1 Å². The van der Waals surface area contributed by atoms with Crippen LogP contribution in [0.4, 0.5) is 5.69 Å². The van der Waals surface area contributed by atoms with E-state index in [9.17, 15) is 4.79 Å². The Morgan fingerprint density at radius 2 is 1.97 bits per heavy atom. The lowest BCUT2D eigenvalue weighted by molar-refractivity contribution is -0.113. The van der Waals surface area contributed by atoms with Gasteiger partial charge in [-0.3, -0.25) is 9.36 Å². The second-order valence-electron chi connectivity index (χ2n) is 7.13. The molecular formula is C24H28N4O2S. The first-order valence-corrected chi connectivity index (χ1v) is 11.3. The van der Waals surface area contributed by atoms with Gasteiger partial charge in [0.25, 0.3) is 0 Å². The van der Waals surface area contributed by atoms with Gasteiger partial charge in [0.05, 0.1) is 5.75 Å². The smallest absolute Gasteiger partial charge is 0.234 e. The molecule has 7 heteroatoms. The van der Waals surface area contributed by atoms with Crippen LogP contribution >= 0.6 is 11.8 Å². The second kappa shape index (κ2) is 11.4. The van der Waals surface area contributed by atoms with Crippen molar-refractivity contribution in [2.24, 2.45) is 0 Å². The van der Waals surface area contributed by atoms with E-state index in [4.69, 9.17) is 4.74 Å². The molecule has 31 heavy (non-hydrogen) atoms. The van der Waals surface area contributed by atoms with Gasteiger partial charge in [-0.1, -0.05) is 61.5 Å². The number of ether oxygens (including phenoxy) is 1. The van der Waals surface area contributed by atoms with Crippen molar-refractivity contribution in [3.63, 3.8) is 0 Å². The average Bonchev–Trinajstić information content (AvgIpc) is 3.15. The molecule has 0 aliphatic rings. The van der Waals surface area contributed by atoms with Gasteiger partial charge in [0.15, 0.2) is 11.0 Å². The van der Waals surface area contributed by atoms with Crippen LogP contribution in [0.1, 0.15) is 30.3 Å². The number of thioether (sulfide) groups is 1. The van der Waals surface area contributed by atoms with E-state index in [1.807, 2.05) is 47.9 Å². The molecule has 2 aromatic carbocycles. The number of amides is 1. The predicted molar refractivity (Wildman–Crippen MR) is 126 cm³/mol. The summed E-state index contributed by atoms with van der Waals surface area (Å²) in [5.41, 5.74) is 3.14. The lowest BCUT2D eigenvalue weighted by atomic mass is 10.1. The molecule has 1 aromatic heterocycles. The molecule has 0 aliphatic heterocycles. The minimum atomic E-state index is -0.0857. The summed E-state index contributed by atoms with van der Waals surface area (Å²) in [6.45, 7) is 8.79. The first kappa shape index (κ1) is 22.6. The van der Waals surface area contributed by atoms with Crippen LogP contribution in [-0.4, -0.2) is 26.4 Å². The number of aryl methyl sites for hydroxylation is 2. The number of nitrogens with one attached hydrogen (secondary N) is 1. The van der Waals surface area contributed by atoms with Gasteiger partial charge in [-0.05, 0) is 42.7 Å². The first-order valence-electron chi connectivity index (χ1n) is 10.3. The lowest BCUT2D eigenvalue weighted by Crippen LogP contribution is -2.15. The van der Waals surface area contributed by atoms with Crippen molar-refractivity contribution < 1.29 is 9.53 Å². The van der Waals surface area contributed by atoms with Crippen molar-refractivity contribution in [3.05, 3.63) is 78.1 Å². The molecule has 0 unspecified atom stereocenters. The van der Waals surface area contributed by atoms with Crippen molar-refractivity contribution in [1.29, 1.82) is 0 Å². The highest BCUT2D eigenvalue weighted by Crippen LogP contribution is 2.20. The molecule has 1 heterocycles. The predicted octanol–water partition coefficient (Wildman–Crippen LogP) is 5.03. The number of benzene rings is 2. The molecule has 1 N–H and O–H groups in total. The van der Waals surface area contributed by atoms with E-state index in [-0.39, 0.29) is 11.7 Å². The molecule has 0 spiro atoms. The number of aromatic nitrogens is 3. The lowest BCUT2D eigenvalue weighted by Gasteiger charge is -2.10. The summed E-state index contributed by atoms with van der Waals surface area (Å²) in [6, 6.07) is 15.8. The Labute approximate surface area is 187 Å². The van der Waals surface area contributed by atoms with Gasteiger partial charge >= 0.3 is 0 Å².